The molecular weight excluding hydrogens is 364 g/mol. The van der Waals surface area contributed by atoms with Crippen molar-refractivity contribution in [3.63, 3.8) is 0 Å². The van der Waals surface area contributed by atoms with Gasteiger partial charge in [0.05, 0.1) is 11.6 Å². The van der Waals surface area contributed by atoms with E-state index in [9.17, 15) is 14.7 Å². The molecule has 0 aliphatic carbocycles. The monoisotopic (exact) mass is 392 g/mol. The smallest absolute Gasteiger partial charge is 0.294 e. The summed E-state index contributed by atoms with van der Waals surface area (Å²) >= 11 is 0. The van der Waals surface area contributed by atoms with Gasteiger partial charge in [-0.15, -0.1) is 0 Å². The summed E-state index contributed by atoms with van der Waals surface area (Å²) < 4.78 is 0. The lowest BCUT2D eigenvalue weighted by atomic mass is 9.91. The fourth-order valence-electron chi connectivity index (χ4n) is 3.72. The summed E-state index contributed by atoms with van der Waals surface area (Å²) in [5.41, 5.74) is 3.59. The molecule has 0 bridgehead atoms. The highest BCUT2D eigenvalue weighted by Crippen LogP contribution is 2.42. The van der Waals surface area contributed by atoms with E-state index in [0.717, 1.165) is 16.8 Å². The third-order valence-electron chi connectivity index (χ3n) is 5.20. The van der Waals surface area contributed by atoms with E-state index in [0.29, 0.717) is 5.69 Å². The second-order valence-electron chi connectivity index (χ2n) is 8.13. The topological polar surface area (TPSA) is 60.9 Å². The number of aliphatic hydroxyl groups is 1. The van der Waals surface area contributed by atoms with Gasteiger partial charge in [-0.05, 0) is 42.2 Å². The van der Waals surface area contributed by atoms with Crippen LogP contribution in [0.15, 0.2) is 59.9 Å². The highest BCUT2D eigenvalue weighted by atomic mass is 16.3. The second-order valence-corrected chi connectivity index (χ2v) is 8.13. The maximum atomic E-state index is 13.1. The van der Waals surface area contributed by atoms with Crippen molar-refractivity contribution in [1.82, 2.24) is 0 Å². The van der Waals surface area contributed by atoms with Crippen molar-refractivity contribution in [2.45, 2.75) is 33.2 Å². The zero-order valence-corrected chi connectivity index (χ0v) is 17.6. The standard InChI is InChI=1S/C24H28N2O3/c1-15(2)14-20(27)21-22(17-10-12-18(13-11-17)25(4)5)26(24(29)23(21)28)19-9-7-6-8-16(19)3/h6-13,15,22,28H,14H2,1-5H3. The van der Waals surface area contributed by atoms with Gasteiger partial charge in [-0.1, -0.05) is 44.2 Å². The molecule has 1 aliphatic rings. The molecule has 1 heterocycles. The Morgan fingerprint density at radius 1 is 1.10 bits per heavy atom. The summed E-state index contributed by atoms with van der Waals surface area (Å²) in [7, 11) is 3.91. The van der Waals surface area contributed by atoms with E-state index in [2.05, 4.69) is 0 Å². The summed E-state index contributed by atoms with van der Waals surface area (Å²) in [5, 5.41) is 10.7. The number of carbonyl (C=O) groups is 2. The third kappa shape index (κ3) is 3.90. The largest absolute Gasteiger partial charge is 0.503 e. The lowest BCUT2D eigenvalue weighted by Crippen LogP contribution is -2.31. The molecule has 1 N–H and O–H groups in total. The number of rotatable bonds is 6. The average molecular weight is 392 g/mol. The van der Waals surface area contributed by atoms with Gasteiger partial charge >= 0.3 is 0 Å². The first-order valence-electron chi connectivity index (χ1n) is 9.85. The SMILES string of the molecule is Cc1ccccc1N1C(=O)C(O)=C(C(=O)CC(C)C)C1c1ccc(N(C)C)cc1. The molecule has 1 unspecified atom stereocenters. The van der Waals surface area contributed by atoms with E-state index in [1.807, 2.05) is 88.3 Å². The lowest BCUT2D eigenvalue weighted by molar-refractivity contribution is -0.118. The molecule has 0 saturated heterocycles. The Morgan fingerprint density at radius 2 is 1.72 bits per heavy atom. The number of aliphatic hydroxyl groups excluding tert-OH is 1. The predicted octanol–water partition coefficient (Wildman–Crippen LogP) is 4.58. The van der Waals surface area contributed by atoms with Crippen molar-refractivity contribution in [2.75, 3.05) is 23.9 Å². The average Bonchev–Trinajstić information content (AvgIpc) is 2.93. The van der Waals surface area contributed by atoms with E-state index >= 15 is 0 Å². The number of ketones is 1. The quantitative estimate of drug-likeness (QED) is 0.782. The van der Waals surface area contributed by atoms with E-state index in [1.54, 1.807) is 4.90 Å². The fraction of sp³-hybridized carbons (Fsp3) is 0.333. The van der Waals surface area contributed by atoms with Crippen LogP contribution >= 0.6 is 0 Å². The van der Waals surface area contributed by atoms with Gasteiger partial charge in [0.25, 0.3) is 5.91 Å². The minimum absolute atomic E-state index is 0.127. The van der Waals surface area contributed by atoms with Crippen LogP contribution in [0, 0.1) is 12.8 Å². The number of anilines is 2. The van der Waals surface area contributed by atoms with Gasteiger partial charge in [-0.25, -0.2) is 0 Å². The van der Waals surface area contributed by atoms with Crippen LogP contribution in [0.2, 0.25) is 0 Å². The minimum atomic E-state index is -0.647. The van der Waals surface area contributed by atoms with E-state index in [1.165, 1.54) is 0 Å². The zero-order chi connectivity index (χ0) is 21.3. The van der Waals surface area contributed by atoms with Gasteiger partial charge in [0.2, 0.25) is 0 Å². The van der Waals surface area contributed by atoms with Crippen LogP contribution in [0.5, 0.6) is 0 Å². The number of hydrogen-bond donors (Lipinski definition) is 1. The number of carbonyl (C=O) groups excluding carboxylic acids is 2. The van der Waals surface area contributed by atoms with Gasteiger partial charge in [0.15, 0.2) is 11.5 Å². The maximum absolute atomic E-state index is 13.1. The summed E-state index contributed by atoms with van der Waals surface area (Å²) in [6.45, 7) is 5.82. The molecule has 2 aromatic rings. The van der Waals surface area contributed by atoms with Gasteiger partial charge in [-0.3, -0.25) is 14.5 Å². The summed E-state index contributed by atoms with van der Waals surface area (Å²) in [6, 6.07) is 14.6. The zero-order valence-electron chi connectivity index (χ0n) is 17.6. The van der Waals surface area contributed by atoms with Crippen LogP contribution in [0.25, 0.3) is 0 Å². The molecule has 0 spiro atoms. The van der Waals surface area contributed by atoms with Crippen LogP contribution in [-0.4, -0.2) is 30.9 Å². The van der Waals surface area contributed by atoms with Crippen molar-refractivity contribution in [1.29, 1.82) is 0 Å². The molecule has 1 amide bonds. The molecule has 5 nitrogen and oxygen atoms in total. The first kappa shape index (κ1) is 20.6. The van der Waals surface area contributed by atoms with Crippen LogP contribution in [-0.2, 0) is 9.59 Å². The Hall–Kier alpha value is -3.08. The molecule has 0 aromatic heterocycles. The predicted molar refractivity (Wildman–Crippen MR) is 116 cm³/mol. The number of Topliss-reactive ketones (excluding diaryl/α,β-unsaturated/α-hetero) is 1. The molecule has 1 atom stereocenters. The van der Waals surface area contributed by atoms with Crippen molar-refractivity contribution < 1.29 is 14.7 Å². The Bertz CT molecular complexity index is 958. The van der Waals surface area contributed by atoms with Gasteiger partial charge < -0.3 is 10.0 Å². The van der Waals surface area contributed by atoms with Crippen molar-refractivity contribution >= 4 is 23.1 Å². The molecule has 0 fully saturated rings. The first-order chi connectivity index (χ1) is 13.7. The minimum Gasteiger partial charge on any atom is -0.503 e. The van der Waals surface area contributed by atoms with E-state index in [-0.39, 0.29) is 23.7 Å². The number of nitrogens with zero attached hydrogens (tertiary/aromatic N) is 2. The molecule has 152 valence electrons. The summed E-state index contributed by atoms with van der Waals surface area (Å²) in [6.07, 6.45) is 0.278. The van der Waals surface area contributed by atoms with Crippen LogP contribution < -0.4 is 9.80 Å². The number of amides is 1. The summed E-state index contributed by atoms with van der Waals surface area (Å²) in [5.74, 6) is -1.04. The van der Waals surface area contributed by atoms with Gasteiger partial charge in [0, 0.05) is 31.9 Å². The third-order valence-corrected chi connectivity index (χ3v) is 5.20. The van der Waals surface area contributed by atoms with E-state index in [4.69, 9.17) is 0 Å². The number of hydrogen-bond acceptors (Lipinski definition) is 4. The lowest BCUT2D eigenvalue weighted by Gasteiger charge is -2.28. The van der Waals surface area contributed by atoms with Crippen molar-refractivity contribution in [3.8, 4) is 0 Å². The number of aryl methyl sites for hydroxylation is 1. The molecule has 3 rings (SSSR count). The van der Waals surface area contributed by atoms with Crippen LogP contribution in [0.1, 0.15) is 37.4 Å². The molecule has 1 aliphatic heterocycles. The molecular formula is C24H28N2O3. The normalized spacial score (nSPS) is 16.7. The Kier molecular flexibility index (Phi) is 5.78. The van der Waals surface area contributed by atoms with E-state index < -0.39 is 17.7 Å². The number of benzene rings is 2. The number of para-hydroxylation sites is 1. The molecule has 5 heteroatoms. The highest BCUT2D eigenvalue weighted by molar-refractivity contribution is 6.16. The molecule has 2 aromatic carbocycles. The van der Waals surface area contributed by atoms with Gasteiger partial charge in [0.1, 0.15) is 0 Å². The van der Waals surface area contributed by atoms with Crippen molar-refractivity contribution in [2.24, 2.45) is 5.92 Å². The molecule has 0 radical (unpaired) electrons. The fourth-order valence-corrected chi connectivity index (χ4v) is 3.72. The van der Waals surface area contributed by atoms with Crippen LogP contribution in [0.3, 0.4) is 0 Å². The Morgan fingerprint density at radius 3 is 2.28 bits per heavy atom. The summed E-state index contributed by atoms with van der Waals surface area (Å²) in [4.78, 5) is 29.6. The Balaban J connectivity index is 2.15. The first-order valence-corrected chi connectivity index (χ1v) is 9.85. The Labute approximate surface area is 172 Å². The van der Waals surface area contributed by atoms with Crippen LogP contribution in [0.4, 0.5) is 11.4 Å². The van der Waals surface area contributed by atoms with Crippen molar-refractivity contribution in [3.05, 3.63) is 71.0 Å². The highest BCUT2D eigenvalue weighted by Gasteiger charge is 2.44. The molecule has 29 heavy (non-hydrogen) atoms. The molecule has 0 saturated carbocycles. The van der Waals surface area contributed by atoms with Gasteiger partial charge in [-0.2, -0.15) is 0 Å². The maximum Gasteiger partial charge on any atom is 0.294 e. The second kappa shape index (κ2) is 8.11.